The van der Waals surface area contributed by atoms with Gasteiger partial charge in [-0.05, 0) is 254 Å². The van der Waals surface area contributed by atoms with Crippen LogP contribution in [0.4, 0.5) is 29.2 Å². The molecule has 0 unspecified atom stereocenters. The Morgan fingerprint density at radius 2 is 0.701 bits per heavy atom. The van der Waals surface area contributed by atoms with Gasteiger partial charge in [-0.25, -0.2) is 27.5 Å². The van der Waals surface area contributed by atoms with E-state index in [0.29, 0.717) is 28.9 Å². The predicted molar refractivity (Wildman–Crippen MR) is 530 cm³/mol. The van der Waals surface area contributed by atoms with E-state index in [1.807, 2.05) is 90.2 Å². The molecule has 0 amide bonds. The molecule has 6 aliphatic rings. The highest BCUT2D eigenvalue weighted by atomic mass is 35.5. The van der Waals surface area contributed by atoms with Crippen molar-refractivity contribution >= 4 is 110 Å². The van der Waals surface area contributed by atoms with Gasteiger partial charge in [0.25, 0.3) is 11.8 Å². The summed E-state index contributed by atoms with van der Waals surface area (Å²) >= 11 is 34.2. The van der Waals surface area contributed by atoms with Gasteiger partial charge in [-0.15, -0.1) is 0 Å². The van der Waals surface area contributed by atoms with Gasteiger partial charge in [-0.1, -0.05) is 109 Å². The number of piperazine rings is 5. The molecular weight excluding hydrogens is 1710 g/mol. The second-order valence-electron chi connectivity index (χ2n) is 35.1. The van der Waals surface area contributed by atoms with Crippen molar-refractivity contribution in [2.24, 2.45) is 5.92 Å². The minimum Gasteiger partial charge on any atom is -0.363 e. The summed E-state index contributed by atoms with van der Waals surface area (Å²) in [6, 6.07) is 47.7. The Bertz CT molecular complexity index is 4930. The predicted octanol–water partition coefficient (Wildman–Crippen LogP) is 18.4. The number of anilines is 2. The molecule has 6 aromatic heterocycles. The third-order valence-corrected chi connectivity index (χ3v) is 25.5. The number of benzene rings is 3. The number of aryl methyl sites for hydroxylation is 11. The van der Waals surface area contributed by atoms with Crippen molar-refractivity contribution in [1.29, 1.82) is 0 Å². The Kier molecular flexibility index (Phi) is 36.9. The lowest BCUT2D eigenvalue weighted by atomic mass is 10.00. The number of hydrogen-bond acceptors (Lipinski definition) is 16. The number of hydrogen-bond donors (Lipinski definition) is 2. The summed E-state index contributed by atoms with van der Waals surface area (Å²) in [6.07, 6.45) is 7.08. The van der Waals surface area contributed by atoms with Gasteiger partial charge < -0.3 is 35.1 Å². The van der Waals surface area contributed by atoms with Crippen molar-refractivity contribution in [3.8, 4) is 0 Å². The van der Waals surface area contributed by atoms with Crippen LogP contribution in [0.3, 0.4) is 0 Å². The smallest absolute Gasteiger partial charge is 0.271 e. The van der Waals surface area contributed by atoms with E-state index in [0.717, 1.165) is 283 Å². The monoisotopic (exact) mass is 1840 g/mol. The van der Waals surface area contributed by atoms with Crippen LogP contribution in [0.2, 0.25) is 5.02 Å². The Morgan fingerprint density at radius 3 is 1.06 bits per heavy atom. The molecule has 28 heteroatoms. The summed E-state index contributed by atoms with van der Waals surface area (Å²) in [6.45, 7) is 47.7. The number of thiocarbonyl (C=S) groups is 5. The van der Waals surface area contributed by atoms with Crippen molar-refractivity contribution in [3.63, 3.8) is 0 Å². The Labute approximate surface area is 783 Å². The molecule has 3 aromatic carbocycles. The number of halogens is 5. The third-order valence-electron chi connectivity index (χ3n) is 23.3. The van der Waals surface area contributed by atoms with E-state index in [1.165, 1.54) is 47.7 Å². The fourth-order valence-electron chi connectivity index (χ4n) is 16.7. The summed E-state index contributed by atoms with van der Waals surface area (Å²) in [5.74, 6) is -3.24. The number of aromatic nitrogens is 6. The fraction of sp³-hybridized carbons (Fsp3) is 0.465. The first-order valence-corrected chi connectivity index (χ1v) is 46.8. The molecule has 0 bridgehead atoms. The number of pyridine rings is 6. The maximum absolute atomic E-state index is 13.8. The molecule has 0 spiro atoms. The molecule has 0 atom stereocenters. The molecule has 15 rings (SSSR count). The van der Waals surface area contributed by atoms with E-state index in [9.17, 15) is 17.6 Å². The Morgan fingerprint density at radius 1 is 0.354 bits per heavy atom. The summed E-state index contributed by atoms with van der Waals surface area (Å²) in [5, 5.41) is 7.91. The van der Waals surface area contributed by atoms with E-state index in [4.69, 9.17) is 72.7 Å². The Hall–Kier alpha value is -8.58. The van der Waals surface area contributed by atoms with Crippen molar-refractivity contribution in [1.82, 2.24) is 78.9 Å². The first-order valence-electron chi connectivity index (χ1n) is 44.4. The topological polar surface area (TPSA) is 134 Å². The largest absolute Gasteiger partial charge is 0.363 e. The molecule has 1 aliphatic carbocycles. The van der Waals surface area contributed by atoms with Crippen LogP contribution < -0.4 is 10.6 Å². The highest BCUT2D eigenvalue weighted by Crippen LogP contribution is 2.35. The van der Waals surface area contributed by atoms with Crippen LogP contribution in [0.5, 0.6) is 0 Å². The van der Waals surface area contributed by atoms with Gasteiger partial charge in [0, 0.05) is 260 Å². The minimum atomic E-state index is -2.94. The first kappa shape index (κ1) is 99.0. The normalized spacial score (nSPS) is 16.2. The van der Waals surface area contributed by atoms with Crippen molar-refractivity contribution in [3.05, 3.63) is 269 Å². The van der Waals surface area contributed by atoms with Crippen LogP contribution in [-0.2, 0) is 57.3 Å². The average molecular weight is 1840 g/mol. The fourth-order valence-corrected chi connectivity index (χ4v) is 18.7. The molecule has 9 aromatic rings. The lowest BCUT2D eigenvalue weighted by Crippen LogP contribution is -2.49. The van der Waals surface area contributed by atoms with Gasteiger partial charge in [0.15, 0.2) is 10.2 Å². The SMILES string of the molecule is Cc1cc(C)nc(CC(=S)N2CCN(CC3CC3)CC2)c1.Cc1cc(C)nc(CC(=S)N2CCN(Cc3ccccc3)CC2)c1.Cc1cc(C)nc(CC(=S)N2CCN(Cc3ccccn3)CC2)c1.Cc1cc(C)nc(NC(=S)N2CCN(Cc3ccc(C(C)(F)F)c(Cl)c3)CC2)c1.Cc1cc(C)nc(NC(=S)N2CCN(Cc3ccc(C)c(C(C)(F)F)c3)CC2)c1. The van der Waals surface area contributed by atoms with E-state index >= 15 is 0 Å². The molecule has 678 valence electrons. The van der Waals surface area contributed by atoms with Gasteiger partial charge in [0.05, 0.1) is 25.7 Å². The number of rotatable bonds is 20. The molecule has 18 nitrogen and oxygen atoms in total. The zero-order valence-electron chi connectivity index (χ0n) is 76.3. The van der Waals surface area contributed by atoms with Gasteiger partial charge in [0.1, 0.15) is 11.6 Å². The molecule has 2 N–H and O–H groups in total. The van der Waals surface area contributed by atoms with Gasteiger partial charge in [0.2, 0.25) is 0 Å². The highest BCUT2D eigenvalue weighted by molar-refractivity contribution is 7.81. The van der Waals surface area contributed by atoms with Crippen molar-refractivity contribution < 1.29 is 17.6 Å². The van der Waals surface area contributed by atoms with E-state index in [-0.39, 0.29) is 16.1 Å². The van der Waals surface area contributed by atoms with Gasteiger partial charge >= 0.3 is 0 Å². The summed E-state index contributed by atoms with van der Waals surface area (Å²) in [7, 11) is 0. The summed E-state index contributed by atoms with van der Waals surface area (Å²) in [4.78, 5) is 53.6. The number of nitrogens with one attached hydrogen (secondary N) is 2. The van der Waals surface area contributed by atoms with Crippen molar-refractivity contribution in [2.45, 2.75) is 160 Å². The first-order chi connectivity index (χ1) is 60.5. The average Bonchev–Trinajstić information content (AvgIpc) is 1.73. The van der Waals surface area contributed by atoms with Crippen LogP contribution in [0.25, 0.3) is 0 Å². The molecule has 0 radical (unpaired) electrons. The summed E-state index contributed by atoms with van der Waals surface area (Å²) < 4.78 is 54.6. The molecule has 1 saturated carbocycles. The minimum absolute atomic E-state index is 0.111. The summed E-state index contributed by atoms with van der Waals surface area (Å²) in [5.41, 5.74) is 19.4. The van der Waals surface area contributed by atoms with Crippen LogP contribution in [0.1, 0.15) is 139 Å². The molecule has 5 aliphatic heterocycles. The lowest BCUT2D eigenvalue weighted by Gasteiger charge is -2.36. The zero-order chi connectivity index (χ0) is 91.1. The molecule has 6 fully saturated rings. The number of alkyl halides is 4. The standard InChI is InChI=1S/C22H28F2N4S.C21H25ClF2N4S.C20H25N3S.C19H24N4S.C17H25N3S/c1-15-11-17(3)25-20(12-15)26-21(29)28-9-7-27(8-10-28)14-18-6-5-16(2)19(13-18)22(4,23)24;1-14-10-15(2)25-19(11-14)26-20(29)28-8-6-27(7-9-28)13-16-4-5-17(18(22)12-16)21(3,23)24;1-16-12-17(2)21-19(13-16)14-20(24)23-10-8-22(9-11-23)15-18-6-4-3-5-7-18;1-15-11-16(2)21-18(12-15)13-19(24)23-9-7-22(8-10-23)14-17-5-3-4-6-20-17;1-13-9-14(2)18-16(10-13)11-17(21)20-7-5-19(6-8-20)12-15-3-4-15/h5-6,11-13H,7-10,14H2,1-4H3,(H,25,26,29);4-5,10-12H,6-9,13H2,1-3H3,(H,25,26,29);3-7,12-13H,8-11,14-15H2,1-2H3;3-6,11-12H,7-10,13-14H2,1-2H3;9-10,15H,3-8,11-12H2,1-2H3. The Balaban J connectivity index is 0.000000155. The maximum Gasteiger partial charge on any atom is 0.271 e. The van der Waals surface area contributed by atoms with E-state index in [1.54, 1.807) is 31.2 Å². The zero-order valence-corrected chi connectivity index (χ0v) is 81.1. The van der Waals surface area contributed by atoms with Crippen LogP contribution in [-0.4, -0.2) is 242 Å². The molecule has 5 saturated heterocycles. The second-order valence-corrected chi connectivity index (χ2v) is 37.7. The molecule has 11 heterocycles. The molecular formula is C99H127ClF4N18S5. The molecule has 127 heavy (non-hydrogen) atoms. The van der Waals surface area contributed by atoms with Crippen molar-refractivity contribution in [2.75, 3.05) is 148 Å². The second kappa shape index (κ2) is 47.3. The van der Waals surface area contributed by atoms with Crippen LogP contribution >= 0.6 is 72.7 Å². The van der Waals surface area contributed by atoms with E-state index in [2.05, 4.69) is 190 Å². The van der Waals surface area contributed by atoms with Gasteiger partial charge in [-0.2, -0.15) is 0 Å². The lowest BCUT2D eigenvalue weighted by molar-refractivity contribution is 0.0163. The quantitative estimate of drug-likeness (QED) is 0.0553. The third kappa shape index (κ3) is 32.8. The number of nitrogens with zero attached hydrogens (tertiary/aromatic N) is 16. The van der Waals surface area contributed by atoms with E-state index < -0.39 is 11.8 Å². The van der Waals surface area contributed by atoms with Crippen LogP contribution in [0, 0.1) is 82.1 Å². The van der Waals surface area contributed by atoms with Gasteiger partial charge in [-0.3, -0.25) is 44.4 Å². The van der Waals surface area contributed by atoms with Crippen LogP contribution in [0.15, 0.2) is 152 Å². The maximum atomic E-state index is 13.8. The highest BCUT2D eigenvalue weighted by Gasteiger charge is 2.32.